The summed E-state index contributed by atoms with van der Waals surface area (Å²) in [6.45, 7) is 26.5. The van der Waals surface area contributed by atoms with E-state index in [-0.39, 0.29) is 77.8 Å². The lowest BCUT2D eigenvalue weighted by Crippen LogP contribution is -2.44. The van der Waals surface area contributed by atoms with Crippen LogP contribution in [0.25, 0.3) is 28.3 Å². The normalized spacial score (nSPS) is 15.1. The molecule has 0 saturated carbocycles. The molecule has 3 amide bonds. The van der Waals surface area contributed by atoms with E-state index in [0.29, 0.717) is 37.3 Å². The minimum Gasteiger partial charge on any atom is -0.444 e. The molecule has 596 valence electrons. The number of Topliss-reactive ketones (excluding diaryl/α,β-unsaturated/α-hetero) is 1. The Labute approximate surface area is 651 Å². The smallest absolute Gasteiger partial charge is 0.410 e. The van der Waals surface area contributed by atoms with Crippen molar-refractivity contribution >= 4 is 29.7 Å². The van der Waals surface area contributed by atoms with Gasteiger partial charge in [0.1, 0.15) is 45.7 Å². The van der Waals surface area contributed by atoms with Gasteiger partial charge < -0.3 is 24.2 Å². The summed E-state index contributed by atoms with van der Waals surface area (Å²) in [6, 6.07) is 22.8. The summed E-state index contributed by atoms with van der Waals surface area (Å²) >= 11 is 0. The number of rotatable bonds is 12. The summed E-state index contributed by atoms with van der Waals surface area (Å²) in [5, 5.41) is 13.8. The lowest BCUT2D eigenvalue weighted by atomic mass is 9.84. The van der Waals surface area contributed by atoms with E-state index in [9.17, 15) is 50.3 Å². The second kappa shape index (κ2) is 40.8. The van der Waals surface area contributed by atoms with Crippen LogP contribution in [-0.2, 0) is 14.3 Å². The zero-order chi connectivity index (χ0) is 81.6. The molecular formula is C84H100F6N14O8. The van der Waals surface area contributed by atoms with Gasteiger partial charge in [0.15, 0.2) is 29.0 Å². The second-order valence-electron chi connectivity index (χ2n) is 28.8. The van der Waals surface area contributed by atoms with Crippen LogP contribution in [0, 0.1) is 74.4 Å². The number of hydrogen-bond acceptors (Lipinski definition) is 16. The molecule has 0 bridgehead atoms. The van der Waals surface area contributed by atoms with Gasteiger partial charge in [-0.05, 0) is 202 Å². The summed E-state index contributed by atoms with van der Waals surface area (Å²) in [5.74, 6) is -3.37. The monoisotopic (exact) mass is 1550 g/mol. The number of pyridine rings is 4. The Morgan fingerprint density at radius 1 is 0.491 bits per heavy atom. The highest BCUT2D eigenvalue weighted by Crippen LogP contribution is 2.37. The molecule has 9 heterocycles. The number of piperidine rings is 2. The molecule has 10 aromatic rings. The molecule has 2 fully saturated rings. The first-order chi connectivity index (χ1) is 52.5. The van der Waals surface area contributed by atoms with Crippen LogP contribution in [0.1, 0.15) is 159 Å². The highest BCUT2D eigenvalue weighted by atomic mass is 19.2. The van der Waals surface area contributed by atoms with Crippen molar-refractivity contribution < 1.29 is 64.6 Å². The SMILES string of the molecule is C.CC(=O)c1ccncc1C.CC1CN(C(=O)OC(C)(C)C)CCC1c1ccnn1-c1ccc(F)cc1F.CON(C)C(=O)c1ccncc1C.C[C@@H]1CN(C(=O)OC(C)(C)C)CC[C@@H]1c1ccnn1-c1ccc(F)cc1F.Cc1cnccc1-c1ccnn1-c1ccc(F)cc1F.Cc1cnccc1C(=O)/C=C/N(C)C. The Morgan fingerprint density at radius 3 is 1.22 bits per heavy atom. The maximum Gasteiger partial charge on any atom is 0.410 e. The molecule has 2 aliphatic heterocycles. The predicted octanol–water partition coefficient (Wildman–Crippen LogP) is 17.4. The minimum atomic E-state index is -0.654. The molecule has 2 aliphatic rings. The Morgan fingerprint density at radius 2 is 0.866 bits per heavy atom. The quantitative estimate of drug-likeness (QED) is 0.0479. The number of ether oxygens (including phenoxy) is 2. The molecule has 12 rings (SSSR count). The van der Waals surface area contributed by atoms with Crippen molar-refractivity contribution in [3.63, 3.8) is 0 Å². The zero-order valence-electron chi connectivity index (χ0n) is 65.6. The van der Waals surface area contributed by atoms with Crippen LogP contribution in [0.4, 0.5) is 35.9 Å². The topological polar surface area (TPSA) is 231 Å². The maximum atomic E-state index is 14.2. The average Bonchev–Trinajstić information content (AvgIpc) is 1.61. The van der Waals surface area contributed by atoms with E-state index in [1.54, 1.807) is 128 Å². The second-order valence-corrected chi connectivity index (χ2v) is 28.8. The summed E-state index contributed by atoms with van der Waals surface area (Å²) in [7, 11) is 6.78. The van der Waals surface area contributed by atoms with Crippen LogP contribution in [0.5, 0.6) is 0 Å². The Kier molecular flexibility index (Phi) is 32.5. The van der Waals surface area contributed by atoms with E-state index in [2.05, 4.69) is 49.1 Å². The van der Waals surface area contributed by atoms with E-state index < -0.39 is 46.1 Å². The molecule has 2 unspecified atom stereocenters. The van der Waals surface area contributed by atoms with Crippen LogP contribution in [0.3, 0.4) is 0 Å². The number of ketones is 2. The highest BCUT2D eigenvalue weighted by Gasteiger charge is 2.36. The van der Waals surface area contributed by atoms with E-state index in [1.807, 2.05) is 106 Å². The molecule has 0 radical (unpaired) electrons. The van der Waals surface area contributed by atoms with Gasteiger partial charge >= 0.3 is 12.2 Å². The molecule has 7 aromatic heterocycles. The van der Waals surface area contributed by atoms with Crippen molar-refractivity contribution in [2.24, 2.45) is 11.8 Å². The van der Waals surface area contributed by atoms with Gasteiger partial charge in [-0.15, -0.1) is 0 Å². The fourth-order valence-electron chi connectivity index (χ4n) is 12.1. The van der Waals surface area contributed by atoms with Gasteiger partial charge in [-0.1, -0.05) is 21.3 Å². The number of aromatic nitrogens is 10. The van der Waals surface area contributed by atoms with Crippen LogP contribution in [-0.4, -0.2) is 164 Å². The lowest BCUT2D eigenvalue weighted by molar-refractivity contribution is -0.0757. The number of likely N-dealkylation sites (tertiary alicyclic amines) is 2. The molecule has 2 saturated heterocycles. The molecule has 0 spiro atoms. The van der Waals surface area contributed by atoms with Crippen LogP contribution in [0.2, 0.25) is 0 Å². The van der Waals surface area contributed by atoms with E-state index in [1.165, 1.54) is 62.6 Å². The van der Waals surface area contributed by atoms with Crippen molar-refractivity contribution in [1.29, 1.82) is 0 Å². The number of aryl methyl sites for hydroxylation is 4. The van der Waals surface area contributed by atoms with Gasteiger partial charge in [0.2, 0.25) is 0 Å². The highest BCUT2D eigenvalue weighted by molar-refractivity contribution is 6.05. The number of carbonyl (C=O) groups is 5. The Bertz CT molecular complexity index is 4700. The number of hydroxylamine groups is 2. The third-order valence-corrected chi connectivity index (χ3v) is 17.6. The number of benzene rings is 3. The van der Waals surface area contributed by atoms with Crippen LogP contribution in [0.15, 0.2) is 178 Å². The standard InChI is InChI=1S/2C20H25F2N3O2.C15H11F2N3.C11H14N2O.C9H12N2O2.C8H9NO.CH4/c2*1-13-12-24(19(26)27-20(2,3)4)10-8-15(13)17-7-9-23-25(17)18-6-5-14(21)11-16(18)22;1-10-9-18-6-4-12(10)14-5-7-19-20(14)15-3-2-11(16)8-13(15)17;1-9-8-12-6-4-10(9)11(14)5-7-13(2)3;1-7-6-10-5-4-8(7)9(12)11(2)13-3;1-6-5-9-4-3-8(6)7(2)10;/h2*5-7,9,11,13,15H,8,10,12H2,1-4H3;2-9H,1H3;4-8H,1-3H3;4-6H,1-3H3;3-5H,1-2H3;1H4/b;;;7-5+;;;/t13-,15+;;;;;;/m1....../s1. The Hall–Kier alpha value is -11.7. The van der Waals surface area contributed by atoms with Crippen molar-refractivity contribution in [1.82, 2.24) is 69.0 Å². The first kappa shape index (κ1) is 89.2. The summed E-state index contributed by atoms with van der Waals surface area (Å²) in [6.07, 6.45) is 22.2. The number of allylic oxidation sites excluding steroid dienone is 1. The van der Waals surface area contributed by atoms with Gasteiger partial charge in [0.05, 0.1) is 19.0 Å². The van der Waals surface area contributed by atoms with Gasteiger partial charge in [-0.3, -0.25) is 39.2 Å². The lowest BCUT2D eigenvalue weighted by Gasteiger charge is -2.37. The number of nitrogens with zero attached hydrogens (tertiary/aromatic N) is 14. The third-order valence-electron chi connectivity index (χ3n) is 17.6. The van der Waals surface area contributed by atoms with Gasteiger partial charge in [0, 0.05) is 185 Å². The van der Waals surface area contributed by atoms with Crippen molar-refractivity contribution in [3.8, 4) is 28.3 Å². The number of carbonyl (C=O) groups excluding carboxylic acids is 5. The number of hydrogen-bond donors (Lipinski definition) is 0. The van der Waals surface area contributed by atoms with Crippen molar-refractivity contribution in [2.75, 3.05) is 54.4 Å². The van der Waals surface area contributed by atoms with E-state index in [0.717, 1.165) is 81.5 Å². The molecule has 28 heteroatoms. The van der Waals surface area contributed by atoms with Gasteiger partial charge in [-0.25, -0.2) is 55.0 Å². The number of halogens is 6. The maximum absolute atomic E-state index is 14.2. The largest absolute Gasteiger partial charge is 0.444 e. The third kappa shape index (κ3) is 25.2. The predicted molar refractivity (Wildman–Crippen MR) is 417 cm³/mol. The molecular weight excluding hydrogens is 1450 g/mol. The molecule has 22 nitrogen and oxygen atoms in total. The van der Waals surface area contributed by atoms with Gasteiger partial charge in [-0.2, -0.15) is 15.3 Å². The molecule has 4 atom stereocenters. The fourth-order valence-corrected chi connectivity index (χ4v) is 12.1. The first-order valence-corrected chi connectivity index (χ1v) is 35.8. The van der Waals surface area contributed by atoms with Gasteiger partial charge in [0.25, 0.3) is 5.91 Å². The summed E-state index contributed by atoms with van der Waals surface area (Å²) < 4.78 is 97.2. The summed E-state index contributed by atoms with van der Waals surface area (Å²) in [4.78, 5) is 84.5. The van der Waals surface area contributed by atoms with Crippen LogP contribution < -0.4 is 0 Å². The molecule has 3 aromatic carbocycles. The van der Waals surface area contributed by atoms with E-state index in [4.69, 9.17) is 14.3 Å². The zero-order valence-corrected chi connectivity index (χ0v) is 65.6. The van der Waals surface area contributed by atoms with Crippen molar-refractivity contribution in [3.05, 3.63) is 263 Å². The molecule has 112 heavy (non-hydrogen) atoms. The number of amides is 3. The first-order valence-electron chi connectivity index (χ1n) is 35.8. The fraction of sp³-hybridized carbons (Fsp3) is 0.357. The van der Waals surface area contributed by atoms with E-state index >= 15 is 0 Å². The minimum absolute atomic E-state index is 0. The molecule has 0 N–H and O–H groups in total. The summed E-state index contributed by atoms with van der Waals surface area (Å²) in [5.41, 5.74) is 8.66. The average molecular weight is 1550 g/mol. The van der Waals surface area contributed by atoms with Crippen LogP contribution >= 0.6 is 0 Å². The molecule has 0 aliphatic carbocycles. The Balaban J connectivity index is 0.000000216. The van der Waals surface area contributed by atoms with Crippen molar-refractivity contribution in [2.45, 2.75) is 133 Å².